The number of nitrogens with zero attached hydrogens (tertiary/aromatic N) is 6. The lowest BCUT2D eigenvalue weighted by Crippen LogP contribution is -2.24. The molecule has 1 amide bonds. The minimum atomic E-state index is -3.68. The van der Waals surface area contributed by atoms with Gasteiger partial charge in [-0.3, -0.25) is 9.59 Å². The maximum Gasteiger partial charge on any atom is 0.315 e. The molecule has 2 N–H and O–H groups in total. The molecule has 14 heteroatoms. The fourth-order valence-corrected chi connectivity index (χ4v) is 4.94. The van der Waals surface area contributed by atoms with Crippen molar-refractivity contribution in [2.45, 2.75) is 37.6 Å². The molecule has 0 aliphatic rings. The normalized spacial score (nSPS) is 12.1. The number of fused-ring (bicyclic) bond motifs is 1. The van der Waals surface area contributed by atoms with Gasteiger partial charge in [0.05, 0.1) is 4.90 Å². The first-order chi connectivity index (χ1) is 18.8. The predicted octanol–water partition coefficient (Wildman–Crippen LogP) is 2.40. The Labute approximate surface area is 228 Å². The van der Waals surface area contributed by atoms with Crippen LogP contribution in [0.4, 0.5) is 0 Å². The Bertz CT molecular complexity index is 1930. The van der Waals surface area contributed by atoms with Gasteiger partial charge in [-0.05, 0) is 29.3 Å². The number of hydrogen-bond acceptors (Lipinski definition) is 10. The SMILES string of the molecule is Cn1nc(-c2nc3c(-c4ccc(CNC(=O)c5nc(C(C)(C)C)no5)c(S(C)(=O)=O)c4)ccnc3[nH]2)ccc1=O. The molecule has 0 aliphatic carbocycles. The van der Waals surface area contributed by atoms with Crippen LogP contribution in [0.3, 0.4) is 0 Å². The topological polar surface area (TPSA) is 179 Å². The van der Waals surface area contributed by atoms with E-state index in [1.165, 1.54) is 16.8 Å². The van der Waals surface area contributed by atoms with Crippen LogP contribution in [0.2, 0.25) is 0 Å². The molecule has 4 heterocycles. The summed E-state index contributed by atoms with van der Waals surface area (Å²) in [5, 5.41) is 10.7. The Kier molecular flexibility index (Phi) is 6.58. The molecule has 206 valence electrons. The van der Waals surface area contributed by atoms with Gasteiger partial charge in [0.2, 0.25) is 0 Å². The van der Waals surface area contributed by atoms with E-state index in [1.54, 1.807) is 37.5 Å². The lowest BCUT2D eigenvalue weighted by atomic mass is 9.96. The van der Waals surface area contributed by atoms with E-state index in [2.05, 4.69) is 35.5 Å². The Hall–Kier alpha value is -4.72. The number of sulfone groups is 1. The number of aromatic nitrogens is 7. The first-order valence-electron chi connectivity index (χ1n) is 12.2. The molecule has 0 saturated heterocycles. The molecule has 0 aliphatic heterocycles. The van der Waals surface area contributed by atoms with E-state index in [1.807, 2.05) is 20.8 Å². The zero-order chi connectivity index (χ0) is 28.8. The highest BCUT2D eigenvalue weighted by Gasteiger charge is 2.24. The van der Waals surface area contributed by atoms with Crippen LogP contribution >= 0.6 is 0 Å². The van der Waals surface area contributed by atoms with E-state index in [9.17, 15) is 18.0 Å². The second kappa shape index (κ2) is 9.79. The summed E-state index contributed by atoms with van der Waals surface area (Å²) in [5.74, 6) is -0.0256. The first-order valence-corrected chi connectivity index (χ1v) is 14.1. The summed E-state index contributed by atoms with van der Waals surface area (Å²) in [6.45, 7) is 5.59. The van der Waals surface area contributed by atoms with Gasteiger partial charge in [-0.15, -0.1) is 0 Å². The number of pyridine rings is 1. The van der Waals surface area contributed by atoms with Crippen LogP contribution in [-0.4, -0.2) is 55.5 Å². The second-order valence-corrected chi connectivity index (χ2v) is 12.3. The number of carbonyl (C=O) groups excluding carboxylic acids is 1. The van der Waals surface area contributed by atoms with Crippen molar-refractivity contribution in [1.82, 2.24) is 40.2 Å². The van der Waals surface area contributed by atoms with E-state index in [4.69, 9.17) is 4.52 Å². The molecule has 40 heavy (non-hydrogen) atoms. The number of aryl methyl sites for hydroxylation is 1. The van der Waals surface area contributed by atoms with Crippen molar-refractivity contribution >= 4 is 26.9 Å². The third kappa shape index (κ3) is 5.25. The minimum absolute atomic E-state index is 0.0478. The molecule has 0 atom stereocenters. The molecule has 0 spiro atoms. The number of carbonyl (C=O) groups is 1. The highest BCUT2D eigenvalue weighted by atomic mass is 32.2. The quantitative estimate of drug-likeness (QED) is 0.312. The van der Waals surface area contributed by atoms with Crippen LogP contribution in [0.1, 0.15) is 42.8 Å². The molecular formula is C26H26N8O5S. The molecule has 0 radical (unpaired) electrons. The molecule has 4 aromatic heterocycles. The Morgan fingerprint density at radius 2 is 1.90 bits per heavy atom. The molecule has 13 nitrogen and oxygen atoms in total. The number of rotatable bonds is 6. The monoisotopic (exact) mass is 562 g/mol. The highest BCUT2D eigenvalue weighted by Crippen LogP contribution is 2.31. The Morgan fingerprint density at radius 3 is 2.58 bits per heavy atom. The molecule has 0 saturated carbocycles. The number of benzene rings is 1. The van der Waals surface area contributed by atoms with Crippen LogP contribution in [0.5, 0.6) is 0 Å². The molecule has 5 aromatic rings. The van der Waals surface area contributed by atoms with Crippen LogP contribution in [-0.2, 0) is 28.8 Å². The smallest absolute Gasteiger partial charge is 0.315 e. The Morgan fingerprint density at radius 1 is 1.12 bits per heavy atom. The van der Waals surface area contributed by atoms with Crippen molar-refractivity contribution in [2.75, 3.05) is 6.26 Å². The van der Waals surface area contributed by atoms with E-state index in [0.29, 0.717) is 45.2 Å². The summed E-state index contributed by atoms with van der Waals surface area (Å²) in [6, 6.07) is 9.59. The number of hydrogen-bond donors (Lipinski definition) is 2. The van der Waals surface area contributed by atoms with Crippen LogP contribution in [0, 0.1) is 0 Å². The average molecular weight is 563 g/mol. The summed E-state index contributed by atoms with van der Waals surface area (Å²) in [6.07, 6.45) is 2.68. The highest BCUT2D eigenvalue weighted by molar-refractivity contribution is 7.90. The Balaban J connectivity index is 1.47. The number of imidazole rings is 1. The molecular weight excluding hydrogens is 536 g/mol. The van der Waals surface area contributed by atoms with Gasteiger partial charge in [-0.2, -0.15) is 10.1 Å². The van der Waals surface area contributed by atoms with Gasteiger partial charge in [0.1, 0.15) is 11.2 Å². The molecule has 0 fully saturated rings. The zero-order valence-corrected chi connectivity index (χ0v) is 23.2. The van der Waals surface area contributed by atoms with Crippen LogP contribution < -0.4 is 10.9 Å². The van der Waals surface area contributed by atoms with Crippen LogP contribution in [0.25, 0.3) is 33.8 Å². The fourth-order valence-electron chi connectivity index (χ4n) is 3.98. The van der Waals surface area contributed by atoms with Crippen molar-refractivity contribution in [1.29, 1.82) is 0 Å². The maximum absolute atomic E-state index is 12.8. The van der Waals surface area contributed by atoms with Gasteiger partial charge in [-0.1, -0.05) is 38.1 Å². The number of amides is 1. The summed E-state index contributed by atoms with van der Waals surface area (Å²) in [5.41, 5.74) is 2.37. The van der Waals surface area contributed by atoms with Gasteiger partial charge in [-0.25, -0.2) is 23.1 Å². The van der Waals surface area contributed by atoms with Crippen molar-refractivity contribution in [3.05, 3.63) is 70.2 Å². The zero-order valence-electron chi connectivity index (χ0n) is 22.4. The van der Waals surface area contributed by atoms with Gasteiger partial charge >= 0.3 is 11.8 Å². The summed E-state index contributed by atoms with van der Waals surface area (Å²) in [7, 11) is -2.14. The van der Waals surface area contributed by atoms with Gasteiger partial charge in [0, 0.05) is 43.1 Å². The molecule has 5 rings (SSSR count). The van der Waals surface area contributed by atoms with E-state index in [0.717, 1.165) is 6.26 Å². The number of aromatic amines is 1. The largest absolute Gasteiger partial charge is 0.344 e. The summed E-state index contributed by atoms with van der Waals surface area (Å²) < 4.78 is 31.8. The number of H-pyrrole nitrogens is 1. The average Bonchev–Trinajstić information content (AvgIpc) is 3.56. The lowest BCUT2D eigenvalue weighted by molar-refractivity contribution is 0.0906. The second-order valence-electron chi connectivity index (χ2n) is 10.3. The van der Waals surface area contributed by atoms with Crippen molar-refractivity contribution in [3.8, 4) is 22.6 Å². The third-order valence-corrected chi connectivity index (χ3v) is 7.27. The van der Waals surface area contributed by atoms with Gasteiger partial charge in [0.15, 0.2) is 27.1 Å². The first kappa shape index (κ1) is 26.9. The van der Waals surface area contributed by atoms with E-state index >= 15 is 0 Å². The van der Waals surface area contributed by atoms with Crippen LogP contribution in [0.15, 0.2) is 56.8 Å². The molecule has 0 bridgehead atoms. The predicted molar refractivity (Wildman–Crippen MR) is 145 cm³/mol. The standard InChI is InChI=1S/C26H26N8O5S/c1-26(2,3)25-31-24(39-33-25)23(36)28-13-15-7-6-14(12-18(15)40(5,37)38)16-10-11-27-22-20(16)29-21(30-22)17-8-9-19(35)34(4)32-17/h6-12H,13H2,1-5H3,(H,28,36)(H,27,29,30). The summed E-state index contributed by atoms with van der Waals surface area (Å²) in [4.78, 5) is 40.6. The van der Waals surface area contributed by atoms with Crippen molar-refractivity contribution in [3.63, 3.8) is 0 Å². The molecule has 1 aromatic carbocycles. The molecule has 0 unspecified atom stereocenters. The van der Waals surface area contributed by atoms with E-state index in [-0.39, 0.29) is 22.9 Å². The minimum Gasteiger partial charge on any atom is -0.344 e. The van der Waals surface area contributed by atoms with Crippen molar-refractivity contribution in [2.24, 2.45) is 7.05 Å². The number of nitrogens with one attached hydrogen (secondary N) is 2. The fraction of sp³-hybridized carbons (Fsp3) is 0.269. The van der Waals surface area contributed by atoms with Gasteiger partial charge in [0.25, 0.3) is 5.56 Å². The van der Waals surface area contributed by atoms with Crippen molar-refractivity contribution < 1.29 is 17.7 Å². The summed E-state index contributed by atoms with van der Waals surface area (Å²) >= 11 is 0. The maximum atomic E-state index is 12.8. The third-order valence-electron chi connectivity index (χ3n) is 6.10. The van der Waals surface area contributed by atoms with Gasteiger partial charge < -0.3 is 14.8 Å². The lowest BCUT2D eigenvalue weighted by Gasteiger charge is -2.12. The van der Waals surface area contributed by atoms with E-state index < -0.39 is 21.2 Å².